The van der Waals surface area contributed by atoms with Crippen LogP contribution in [0.15, 0.2) is 28.9 Å². The molecule has 1 amide bonds. The number of fused-ring (bicyclic) bond motifs is 2. The molecule has 2 atom stereocenters. The zero-order valence-corrected chi connectivity index (χ0v) is 25.4. The van der Waals surface area contributed by atoms with Gasteiger partial charge in [0.25, 0.3) is 0 Å². The standard InChI is InChI=1S/C32H40N6O5/c1-31(2,3)42-30(40)35-25-13-12-20(18-33-25)23-17-26(41-19-21-9-8-16-38(21)4)36-29(34-23)27-22-10-7-15-32(28(22)43-37-27)14-6-5-11-24(32)39/h12-13,17-18,21H,5-11,14-16,19H2,1-4H3,(H,33,35,40)/t21-,32+/m0/s1. The molecule has 1 aliphatic heterocycles. The van der Waals surface area contributed by atoms with Crippen molar-refractivity contribution in [3.63, 3.8) is 0 Å². The summed E-state index contributed by atoms with van der Waals surface area (Å²) in [6.07, 6.45) is 9.05. The van der Waals surface area contributed by atoms with Gasteiger partial charge in [-0.3, -0.25) is 10.1 Å². The van der Waals surface area contributed by atoms with Crippen LogP contribution in [0, 0.1) is 0 Å². The fourth-order valence-corrected chi connectivity index (χ4v) is 6.52. The summed E-state index contributed by atoms with van der Waals surface area (Å²) in [5.74, 6) is 2.15. The highest BCUT2D eigenvalue weighted by Crippen LogP contribution is 2.47. The summed E-state index contributed by atoms with van der Waals surface area (Å²) in [5, 5.41) is 7.12. The third-order valence-electron chi connectivity index (χ3n) is 8.74. The number of pyridine rings is 1. The molecule has 1 spiro atoms. The zero-order chi connectivity index (χ0) is 30.2. The van der Waals surface area contributed by atoms with E-state index >= 15 is 0 Å². The van der Waals surface area contributed by atoms with E-state index in [2.05, 4.69) is 27.4 Å². The maximum absolute atomic E-state index is 13.2. The lowest BCUT2D eigenvalue weighted by Gasteiger charge is -2.36. The number of nitrogens with one attached hydrogen (secondary N) is 1. The number of Topliss-reactive ketones (excluding diaryl/α,β-unsaturated/α-hetero) is 1. The molecule has 43 heavy (non-hydrogen) atoms. The second-order valence-electron chi connectivity index (χ2n) is 13.0. The maximum atomic E-state index is 13.2. The van der Waals surface area contributed by atoms with Crippen molar-refractivity contribution < 1.29 is 23.6 Å². The van der Waals surface area contributed by atoms with Gasteiger partial charge in [-0.2, -0.15) is 4.98 Å². The Morgan fingerprint density at radius 3 is 2.70 bits per heavy atom. The van der Waals surface area contributed by atoms with Gasteiger partial charge in [0.15, 0.2) is 17.3 Å². The monoisotopic (exact) mass is 588 g/mol. The number of hydrogen-bond donors (Lipinski definition) is 1. The summed E-state index contributed by atoms with van der Waals surface area (Å²) in [4.78, 5) is 41.8. The van der Waals surface area contributed by atoms with E-state index in [1.807, 2.05) is 6.07 Å². The van der Waals surface area contributed by atoms with Gasteiger partial charge in [-0.15, -0.1) is 0 Å². The minimum absolute atomic E-state index is 0.257. The Morgan fingerprint density at radius 1 is 1.14 bits per heavy atom. The first-order valence-electron chi connectivity index (χ1n) is 15.3. The van der Waals surface area contributed by atoms with Crippen molar-refractivity contribution in [3.05, 3.63) is 35.7 Å². The number of likely N-dealkylation sites (N-methyl/N-ethyl adjacent to an activating group) is 1. The van der Waals surface area contributed by atoms with Gasteiger partial charge in [0.1, 0.15) is 23.8 Å². The van der Waals surface area contributed by atoms with Crippen LogP contribution in [-0.4, -0.2) is 68.7 Å². The number of hydrogen-bond acceptors (Lipinski definition) is 10. The number of rotatable bonds is 6. The molecular formula is C32H40N6O5. The summed E-state index contributed by atoms with van der Waals surface area (Å²) in [7, 11) is 2.11. The third kappa shape index (κ3) is 6.13. The van der Waals surface area contributed by atoms with Crippen molar-refractivity contribution >= 4 is 17.7 Å². The summed E-state index contributed by atoms with van der Waals surface area (Å²) in [6, 6.07) is 5.65. The number of amides is 1. The zero-order valence-electron chi connectivity index (χ0n) is 25.4. The van der Waals surface area contributed by atoms with E-state index in [1.54, 1.807) is 39.1 Å². The third-order valence-corrected chi connectivity index (χ3v) is 8.74. The molecule has 2 aliphatic carbocycles. The van der Waals surface area contributed by atoms with E-state index in [-0.39, 0.29) is 5.78 Å². The topological polar surface area (TPSA) is 133 Å². The van der Waals surface area contributed by atoms with Crippen molar-refractivity contribution in [1.82, 2.24) is 25.0 Å². The molecule has 0 radical (unpaired) electrons. The molecule has 0 bridgehead atoms. The highest BCUT2D eigenvalue weighted by molar-refractivity contribution is 5.91. The van der Waals surface area contributed by atoms with E-state index in [0.29, 0.717) is 53.7 Å². The van der Waals surface area contributed by atoms with Crippen molar-refractivity contribution in [2.45, 2.75) is 95.6 Å². The first kappa shape index (κ1) is 29.2. The first-order chi connectivity index (χ1) is 20.6. The van der Waals surface area contributed by atoms with Crippen molar-refractivity contribution in [1.29, 1.82) is 0 Å². The van der Waals surface area contributed by atoms with E-state index in [1.165, 1.54) is 0 Å². The quantitative estimate of drug-likeness (QED) is 0.381. The van der Waals surface area contributed by atoms with Crippen LogP contribution >= 0.6 is 0 Å². The number of ketones is 1. The molecule has 3 aliphatic rings. The molecule has 0 aromatic carbocycles. The van der Waals surface area contributed by atoms with Gasteiger partial charge in [-0.25, -0.2) is 14.8 Å². The molecule has 11 heteroatoms. The second kappa shape index (κ2) is 11.7. The van der Waals surface area contributed by atoms with Gasteiger partial charge < -0.3 is 18.9 Å². The van der Waals surface area contributed by atoms with E-state index in [4.69, 9.17) is 24.0 Å². The van der Waals surface area contributed by atoms with Gasteiger partial charge in [0, 0.05) is 35.9 Å². The van der Waals surface area contributed by atoms with Gasteiger partial charge in [-0.1, -0.05) is 11.6 Å². The summed E-state index contributed by atoms with van der Waals surface area (Å²) in [6.45, 7) is 6.98. The number of nitrogens with zero attached hydrogens (tertiary/aromatic N) is 5. The van der Waals surface area contributed by atoms with Crippen molar-refractivity contribution in [2.75, 3.05) is 25.5 Å². The number of anilines is 1. The van der Waals surface area contributed by atoms with Crippen LogP contribution in [-0.2, 0) is 21.4 Å². The van der Waals surface area contributed by atoms with Gasteiger partial charge >= 0.3 is 6.09 Å². The fourth-order valence-electron chi connectivity index (χ4n) is 6.52. The van der Waals surface area contributed by atoms with Gasteiger partial charge in [0.05, 0.1) is 11.1 Å². The molecule has 4 heterocycles. The predicted octanol–water partition coefficient (Wildman–Crippen LogP) is 5.73. The highest BCUT2D eigenvalue weighted by atomic mass is 16.6. The molecule has 6 rings (SSSR count). The molecule has 0 unspecified atom stereocenters. The smallest absolute Gasteiger partial charge is 0.413 e. The normalized spacial score (nSPS) is 22.4. The van der Waals surface area contributed by atoms with E-state index in [9.17, 15) is 9.59 Å². The van der Waals surface area contributed by atoms with E-state index < -0.39 is 17.1 Å². The number of ether oxygens (including phenoxy) is 2. The van der Waals surface area contributed by atoms with Crippen LogP contribution in [0.2, 0.25) is 0 Å². The molecule has 3 aromatic heterocycles. The Morgan fingerprint density at radius 2 is 1.98 bits per heavy atom. The van der Waals surface area contributed by atoms with Crippen LogP contribution in [0.1, 0.15) is 83.5 Å². The second-order valence-corrected chi connectivity index (χ2v) is 13.0. The lowest BCUT2D eigenvalue weighted by Crippen LogP contribution is -2.41. The molecule has 11 nitrogen and oxygen atoms in total. The van der Waals surface area contributed by atoms with Crippen LogP contribution in [0.3, 0.4) is 0 Å². The molecule has 228 valence electrons. The van der Waals surface area contributed by atoms with Crippen LogP contribution < -0.4 is 10.1 Å². The van der Waals surface area contributed by atoms with Crippen molar-refractivity contribution in [2.24, 2.45) is 0 Å². The fraction of sp³-hybridized carbons (Fsp3) is 0.562. The molecule has 1 saturated carbocycles. The highest BCUT2D eigenvalue weighted by Gasteiger charge is 2.48. The van der Waals surface area contributed by atoms with E-state index in [0.717, 1.165) is 69.0 Å². The minimum atomic E-state index is -0.616. The maximum Gasteiger partial charge on any atom is 0.413 e. The van der Waals surface area contributed by atoms with Gasteiger partial charge in [0.2, 0.25) is 5.88 Å². The molecular weight excluding hydrogens is 548 g/mol. The average molecular weight is 589 g/mol. The summed E-state index contributed by atoms with van der Waals surface area (Å²) >= 11 is 0. The van der Waals surface area contributed by atoms with Crippen LogP contribution in [0.5, 0.6) is 5.88 Å². The Bertz CT molecular complexity index is 1500. The molecule has 1 saturated heterocycles. The van der Waals surface area contributed by atoms with Crippen molar-refractivity contribution in [3.8, 4) is 28.7 Å². The van der Waals surface area contributed by atoms with Gasteiger partial charge in [-0.05, 0) is 91.4 Å². The Balaban J connectivity index is 1.33. The largest absolute Gasteiger partial charge is 0.476 e. The lowest BCUT2D eigenvalue weighted by molar-refractivity contribution is -0.128. The lowest BCUT2D eigenvalue weighted by atomic mass is 9.64. The molecule has 1 N–H and O–H groups in total. The number of likely N-dealkylation sites (tertiary alicyclic amines) is 1. The number of carbonyl (C=O) groups is 2. The SMILES string of the molecule is CN1CCC[C@H]1COc1cc(-c2ccc(NC(=O)OC(C)(C)C)nc2)nc(-c2noc3c2CCC[C@@]32CCCCC2=O)n1. The number of carbonyl (C=O) groups excluding carboxylic acids is 2. The molecule has 3 aromatic rings. The van der Waals surface area contributed by atoms with Crippen LogP contribution in [0.25, 0.3) is 22.8 Å². The summed E-state index contributed by atoms with van der Waals surface area (Å²) < 4.78 is 17.6. The van der Waals surface area contributed by atoms with Crippen LogP contribution in [0.4, 0.5) is 10.6 Å². The summed E-state index contributed by atoms with van der Waals surface area (Å²) in [5.41, 5.74) is 1.62. The Labute approximate surface area is 251 Å². The number of aromatic nitrogens is 4. The Kier molecular flexibility index (Phi) is 7.93. The minimum Gasteiger partial charge on any atom is -0.476 e. The average Bonchev–Trinajstić information content (AvgIpc) is 3.59. The Hall–Kier alpha value is -3.86. The first-order valence-corrected chi connectivity index (χ1v) is 15.3. The molecule has 2 fully saturated rings. The predicted molar refractivity (Wildman–Crippen MR) is 160 cm³/mol.